The normalized spacial score (nSPS) is 24.3. The number of rotatable bonds is 8. The molecule has 0 spiro atoms. The van der Waals surface area contributed by atoms with Crippen LogP contribution in [-0.2, 0) is 45.6 Å². The quantitative estimate of drug-likeness (QED) is 0.149. The van der Waals surface area contributed by atoms with E-state index in [9.17, 15) is 48.9 Å². The molecular formula is C33H38N6O10. The monoisotopic (exact) mass is 678 g/mol. The van der Waals surface area contributed by atoms with E-state index in [1.165, 1.54) is 49.4 Å². The van der Waals surface area contributed by atoms with Gasteiger partial charge in [-0.3, -0.25) is 33.6 Å². The predicted octanol–water partition coefficient (Wildman–Crippen LogP) is -1.29. The van der Waals surface area contributed by atoms with Crippen LogP contribution in [0.2, 0.25) is 0 Å². The molecule has 6 amide bonds. The largest absolute Gasteiger partial charge is 0.507 e. The Hall–Kier alpha value is -5.61. The molecule has 260 valence electrons. The van der Waals surface area contributed by atoms with Gasteiger partial charge in [0.1, 0.15) is 30.0 Å². The third-order valence-electron chi connectivity index (χ3n) is 8.51. The average molecular weight is 679 g/mol. The van der Waals surface area contributed by atoms with Gasteiger partial charge >= 0.3 is 0 Å². The van der Waals surface area contributed by atoms with Crippen molar-refractivity contribution in [3.8, 4) is 16.9 Å². The molecule has 0 radical (unpaired) electrons. The number of aromatic hydroxyl groups is 1. The third-order valence-corrected chi connectivity index (χ3v) is 8.51. The van der Waals surface area contributed by atoms with E-state index < -0.39 is 83.4 Å². The lowest BCUT2D eigenvalue weighted by molar-refractivity contribution is -0.155. The highest BCUT2D eigenvalue weighted by atomic mass is 16.4. The number of carbonyl (C=O) groups excluding carboxylic acids is 7. The van der Waals surface area contributed by atoms with Gasteiger partial charge in [0.25, 0.3) is 11.8 Å². The number of hydrogen-bond acceptors (Lipinski definition) is 10. The number of para-hydroxylation sites is 1. The first-order chi connectivity index (χ1) is 23.1. The minimum absolute atomic E-state index is 0.0270. The smallest absolute Gasteiger partial charge is 0.288 e. The van der Waals surface area contributed by atoms with Crippen molar-refractivity contribution in [2.24, 2.45) is 11.7 Å². The van der Waals surface area contributed by atoms with Crippen molar-refractivity contribution < 1.29 is 48.9 Å². The van der Waals surface area contributed by atoms with Crippen molar-refractivity contribution in [3.05, 3.63) is 59.8 Å². The molecule has 0 saturated heterocycles. The summed E-state index contributed by atoms with van der Waals surface area (Å²) in [6.45, 7) is 4.79. The van der Waals surface area contributed by atoms with E-state index in [4.69, 9.17) is 5.73 Å². The van der Waals surface area contributed by atoms with Crippen LogP contribution in [0, 0.1) is 5.92 Å². The van der Waals surface area contributed by atoms with Gasteiger partial charge in [-0.05, 0) is 37.2 Å². The number of fused-ring (bicyclic) bond motifs is 3. The van der Waals surface area contributed by atoms with Gasteiger partial charge in [0, 0.05) is 29.0 Å². The first-order valence-electron chi connectivity index (χ1n) is 15.5. The summed E-state index contributed by atoms with van der Waals surface area (Å²) in [5.41, 5.74) is 2.95. The number of aliphatic hydroxyl groups is 2. The summed E-state index contributed by atoms with van der Waals surface area (Å²) in [5.74, 6) is -8.38. The minimum atomic E-state index is -2.83. The Morgan fingerprint density at radius 2 is 1.80 bits per heavy atom. The minimum Gasteiger partial charge on any atom is -0.507 e. The Morgan fingerprint density at radius 3 is 2.45 bits per heavy atom. The van der Waals surface area contributed by atoms with Crippen LogP contribution in [0.25, 0.3) is 11.1 Å². The summed E-state index contributed by atoms with van der Waals surface area (Å²) in [4.78, 5) is 91.8. The molecule has 0 unspecified atom stereocenters. The summed E-state index contributed by atoms with van der Waals surface area (Å²) in [5, 5.41) is 46.0. The number of benzene rings is 2. The van der Waals surface area contributed by atoms with Crippen LogP contribution >= 0.6 is 0 Å². The summed E-state index contributed by atoms with van der Waals surface area (Å²) < 4.78 is 0. The van der Waals surface area contributed by atoms with Gasteiger partial charge in [-0.15, -0.1) is 0 Å². The molecule has 4 rings (SSSR count). The van der Waals surface area contributed by atoms with Gasteiger partial charge in [-0.2, -0.15) is 0 Å². The molecule has 6 atom stereocenters. The molecule has 2 aliphatic heterocycles. The lowest BCUT2D eigenvalue weighted by Crippen LogP contribution is -2.64. The van der Waals surface area contributed by atoms with E-state index in [1.807, 2.05) is 0 Å². The fourth-order valence-corrected chi connectivity index (χ4v) is 5.58. The zero-order chi connectivity index (χ0) is 36.2. The molecule has 0 aromatic heterocycles. The predicted molar refractivity (Wildman–Crippen MR) is 173 cm³/mol. The van der Waals surface area contributed by atoms with Crippen LogP contribution in [0.5, 0.6) is 5.75 Å². The molecule has 10 N–H and O–H groups in total. The van der Waals surface area contributed by atoms with Crippen molar-refractivity contribution >= 4 is 46.9 Å². The van der Waals surface area contributed by atoms with Crippen LogP contribution in [-0.4, -0.2) is 80.8 Å². The Balaban J connectivity index is 1.93. The molecule has 6 bridgehead atoms. The number of hydrogen-bond donors (Lipinski definition) is 9. The molecule has 2 aromatic rings. The number of nitrogens with one attached hydrogen (secondary N) is 5. The van der Waals surface area contributed by atoms with E-state index in [2.05, 4.69) is 26.6 Å². The fraction of sp³-hybridized carbons (Fsp3) is 0.364. The number of primary amides is 1. The zero-order valence-electron chi connectivity index (χ0n) is 26.9. The Kier molecular flexibility index (Phi) is 10.8. The van der Waals surface area contributed by atoms with Gasteiger partial charge in [0.2, 0.25) is 29.4 Å². The van der Waals surface area contributed by atoms with E-state index in [1.54, 1.807) is 13.8 Å². The fourth-order valence-electron chi connectivity index (χ4n) is 5.58. The van der Waals surface area contributed by atoms with E-state index >= 15 is 0 Å². The van der Waals surface area contributed by atoms with Crippen LogP contribution in [0.15, 0.2) is 48.7 Å². The molecule has 16 nitrogen and oxygen atoms in total. The summed E-state index contributed by atoms with van der Waals surface area (Å²) in [7, 11) is 0. The van der Waals surface area contributed by atoms with Crippen LogP contribution in [0.4, 0.5) is 5.69 Å². The number of Topliss-reactive ketones (excluding diaryl/α,β-unsaturated/α-hetero) is 1. The Bertz CT molecular complexity index is 1740. The van der Waals surface area contributed by atoms with Crippen LogP contribution in [0.1, 0.15) is 44.7 Å². The third kappa shape index (κ3) is 7.29. The van der Waals surface area contributed by atoms with Gasteiger partial charge in [-0.1, -0.05) is 44.2 Å². The highest BCUT2D eigenvalue weighted by Crippen LogP contribution is 2.46. The van der Waals surface area contributed by atoms with Gasteiger partial charge < -0.3 is 47.6 Å². The van der Waals surface area contributed by atoms with Crippen LogP contribution in [0.3, 0.4) is 0 Å². The lowest BCUT2D eigenvalue weighted by atomic mass is 9.83. The first-order valence-corrected chi connectivity index (χ1v) is 15.5. The van der Waals surface area contributed by atoms with Crippen molar-refractivity contribution in [1.82, 2.24) is 21.3 Å². The highest BCUT2D eigenvalue weighted by molar-refractivity contribution is 6.37. The second kappa shape index (κ2) is 14.7. The maximum absolute atomic E-state index is 13.7. The zero-order valence-corrected chi connectivity index (χ0v) is 26.9. The summed E-state index contributed by atoms with van der Waals surface area (Å²) in [6.07, 6.45) is -0.553. The molecule has 0 fully saturated rings. The van der Waals surface area contributed by atoms with Crippen molar-refractivity contribution in [3.63, 3.8) is 0 Å². The molecule has 2 aromatic carbocycles. The maximum Gasteiger partial charge on any atom is 0.288 e. The number of allylic oxidation sites excluding steroid dienone is 1. The van der Waals surface area contributed by atoms with E-state index in [0.29, 0.717) is 12.0 Å². The summed E-state index contributed by atoms with van der Waals surface area (Å²) in [6, 6.07) is 3.02. The molecule has 0 aliphatic carbocycles. The second-order valence-corrected chi connectivity index (χ2v) is 11.9. The molecule has 49 heavy (non-hydrogen) atoms. The average Bonchev–Trinajstić information content (AvgIpc) is 3.34. The first kappa shape index (κ1) is 36.2. The summed E-state index contributed by atoms with van der Waals surface area (Å²) >= 11 is 0. The molecule has 2 aliphatic rings. The second-order valence-electron chi connectivity index (χ2n) is 11.9. The van der Waals surface area contributed by atoms with Gasteiger partial charge in [0.05, 0.1) is 12.1 Å². The Morgan fingerprint density at radius 1 is 1.08 bits per heavy atom. The number of aliphatic hydroxyl groups excluding tert-OH is 1. The number of anilines is 1. The number of phenolic OH excluding ortho intramolecular Hbond substituents is 1. The molecule has 0 saturated carbocycles. The van der Waals surface area contributed by atoms with Gasteiger partial charge in [-0.25, -0.2) is 0 Å². The standard InChI is InChI=1S/C33H38N6O10/c1-4-11-35-30(46)25-27(43)33(49)19-8-6-7-17(24(19)39-32(33)48)18-12-16(9-10-22(18)40)13-20(37-31(47)26(42)15(3)5-2)28(44)36-21(14-23(34)41)29(45)38-25/h4,6-12,15,20-21,25,27,40,43,49H,5,13-14H2,1-3H3,(H2,34,41)(H,35,46)(H,36,44)(H,37,47)(H,38,45)(H,39,48)/t15-,20+,21-,25+,27+,33+/m1/s1. The number of nitrogens with two attached hydrogens (primary N) is 1. The van der Waals surface area contributed by atoms with E-state index in [-0.39, 0.29) is 34.5 Å². The molecular weight excluding hydrogens is 640 g/mol. The SMILES string of the molecule is CC=CNC(=O)[C@H]1NC(=O)[C@@H](CC(N)=O)NC(=O)[C@@H](NC(=O)C(=O)[C@H](C)CC)Cc2ccc(O)c(c2)-c2cccc3c2NC(=O)[C@@]3(O)[C@H]1O. The number of ketones is 1. The van der Waals surface area contributed by atoms with Crippen LogP contribution < -0.4 is 32.3 Å². The number of amides is 6. The Labute approximate surface area is 280 Å². The molecule has 2 heterocycles. The van der Waals surface area contributed by atoms with Crippen molar-refractivity contribution in [2.45, 2.75) is 69.9 Å². The lowest BCUT2D eigenvalue weighted by Gasteiger charge is -2.33. The topological polar surface area (TPSA) is 266 Å². The highest BCUT2D eigenvalue weighted by Gasteiger charge is 2.56. The molecule has 16 heteroatoms. The van der Waals surface area contributed by atoms with Crippen molar-refractivity contribution in [1.29, 1.82) is 0 Å². The van der Waals surface area contributed by atoms with Crippen molar-refractivity contribution in [2.75, 3.05) is 5.32 Å². The van der Waals surface area contributed by atoms with E-state index in [0.717, 1.165) is 6.20 Å². The maximum atomic E-state index is 13.7. The van der Waals surface area contributed by atoms with Gasteiger partial charge in [0.15, 0.2) is 5.60 Å². The number of phenols is 1. The number of carbonyl (C=O) groups is 7.